The van der Waals surface area contributed by atoms with E-state index in [1.807, 2.05) is 0 Å². The minimum Gasteiger partial charge on any atom is -0.166 e. The van der Waals surface area contributed by atoms with E-state index in [1.54, 1.807) is 0 Å². The van der Waals surface area contributed by atoms with Gasteiger partial charge in [0.15, 0.2) is 0 Å². The molecule has 0 saturated carbocycles. The van der Waals surface area contributed by atoms with Crippen molar-refractivity contribution in [2.45, 2.75) is 17.6 Å². The molecular formula is C10H6F6S. The monoisotopic (exact) mass is 272 g/mol. The molecule has 0 aromatic heterocycles. The van der Waals surface area contributed by atoms with E-state index in [1.165, 1.54) is 11.8 Å². The van der Waals surface area contributed by atoms with Gasteiger partial charge in [-0.05, 0) is 23.8 Å². The fourth-order valence-electron chi connectivity index (χ4n) is 1.41. The Morgan fingerprint density at radius 1 is 0.882 bits per heavy atom. The highest BCUT2D eigenvalue weighted by atomic mass is 32.2. The van der Waals surface area contributed by atoms with Crippen LogP contribution in [-0.2, 0) is 12.4 Å². The van der Waals surface area contributed by atoms with Crippen LogP contribution in [0, 0.1) is 0 Å². The summed E-state index contributed by atoms with van der Waals surface area (Å²) in [4.78, 5) is 0. The summed E-state index contributed by atoms with van der Waals surface area (Å²) in [5.41, 5.74) is -2.39. The van der Waals surface area contributed by atoms with Crippen molar-refractivity contribution < 1.29 is 26.3 Å². The largest absolute Gasteiger partial charge is 0.416 e. The number of hydrogen-bond acceptors (Lipinski definition) is 1. The van der Waals surface area contributed by atoms with Crippen LogP contribution in [-0.4, -0.2) is 5.75 Å². The van der Waals surface area contributed by atoms with Crippen LogP contribution in [0.2, 0.25) is 0 Å². The summed E-state index contributed by atoms with van der Waals surface area (Å²) in [5, 5.41) is -0.238. The van der Waals surface area contributed by atoms with Gasteiger partial charge in [-0.1, -0.05) is 0 Å². The summed E-state index contributed by atoms with van der Waals surface area (Å²) >= 11 is 1.33. The Balaban J connectivity index is 2.50. The Morgan fingerprint density at radius 3 is 1.59 bits per heavy atom. The second-order valence-electron chi connectivity index (χ2n) is 3.66. The van der Waals surface area contributed by atoms with E-state index in [9.17, 15) is 26.3 Å². The molecule has 0 bridgehead atoms. The lowest BCUT2D eigenvalue weighted by atomic mass is 10.0. The topological polar surface area (TPSA) is 0 Å². The van der Waals surface area contributed by atoms with Gasteiger partial charge in [-0.15, -0.1) is 0 Å². The molecule has 0 radical (unpaired) electrons. The molecular weight excluding hydrogens is 266 g/mol. The van der Waals surface area contributed by atoms with E-state index < -0.39 is 23.5 Å². The Kier molecular flexibility index (Phi) is 2.84. The van der Waals surface area contributed by atoms with Crippen LogP contribution in [0.15, 0.2) is 18.2 Å². The van der Waals surface area contributed by atoms with Gasteiger partial charge in [0, 0.05) is 11.0 Å². The lowest BCUT2D eigenvalue weighted by molar-refractivity contribution is -0.143. The summed E-state index contributed by atoms with van der Waals surface area (Å²) in [6.45, 7) is 0. The zero-order valence-electron chi connectivity index (χ0n) is 8.19. The molecule has 0 spiro atoms. The average Bonchev–Trinajstić information content (AvgIpc) is 2.97. The molecule has 7 heteroatoms. The van der Waals surface area contributed by atoms with Crippen LogP contribution < -0.4 is 0 Å². The SMILES string of the molecule is FC(F)(F)c1cc(C2CS2)cc(C(F)(F)F)c1. The average molecular weight is 272 g/mol. The third kappa shape index (κ3) is 2.88. The fourth-order valence-corrected chi connectivity index (χ4v) is 2.02. The van der Waals surface area contributed by atoms with E-state index in [4.69, 9.17) is 0 Å². The maximum atomic E-state index is 12.4. The summed E-state index contributed by atoms with van der Waals surface area (Å²) in [5.74, 6) is 0.568. The summed E-state index contributed by atoms with van der Waals surface area (Å²) < 4.78 is 74.7. The maximum Gasteiger partial charge on any atom is 0.416 e. The molecule has 0 aliphatic carbocycles. The third-order valence-electron chi connectivity index (χ3n) is 2.32. The number of benzene rings is 1. The zero-order valence-corrected chi connectivity index (χ0v) is 9.01. The number of rotatable bonds is 1. The first-order chi connectivity index (χ1) is 7.68. The number of thioether (sulfide) groups is 1. The van der Waals surface area contributed by atoms with Crippen molar-refractivity contribution in [2.75, 3.05) is 5.75 Å². The zero-order chi connectivity index (χ0) is 12.8. The van der Waals surface area contributed by atoms with Crippen molar-refractivity contribution in [2.24, 2.45) is 0 Å². The second-order valence-corrected chi connectivity index (χ2v) is 4.90. The highest BCUT2D eigenvalue weighted by Gasteiger charge is 2.38. The molecule has 1 aromatic carbocycles. The first kappa shape index (κ1) is 12.6. The molecule has 0 amide bonds. The second kappa shape index (κ2) is 3.83. The van der Waals surface area contributed by atoms with Gasteiger partial charge in [-0.3, -0.25) is 0 Å². The van der Waals surface area contributed by atoms with Crippen LogP contribution in [0.25, 0.3) is 0 Å². The van der Waals surface area contributed by atoms with Gasteiger partial charge in [0.25, 0.3) is 0 Å². The number of alkyl halides is 6. The van der Waals surface area contributed by atoms with Crippen LogP contribution in [0.5, 0.6) is 0 Å². The molecule has 1 unspecified atom stereocenters. The molecule has 0 nitrogen and oxygen atoms in total. The van der Waals surface area contributed by atoms with Crippen molar-refractivity contribution in [1.29, 1.82) is 0 Å². The molecule has 1 saturated heterocycles. The van der Waals surface area contributed by atoms with Gasteiger partial charge in [0.2, 0.25) is 0 Å². The molecule has 1 heterocycles. The van der Waals surface area contributed by atoms with Crippen molar-refractivity contribution in [1.82, 2.24) is 0 Å². The van der Waals surface area contributed by atoms with Gasteiger partial charge in [0.05, 0.1) is 11.1 Å². The van der Waals surface area contributed by atoms with E-state index in [2.05, 4.69) is 0 Å². The van der Waals surface area contributed by atoms with E-state index in [-0.39, 0.29) is 16.9 Å². The van der Waals surface area contributed by atoms with Gasteiger partial charge in [0.1, 0.15) is 0 Å². The summed E-state index contributed by atoms with van der Waals surface area (Å²) in [6.07, 6.45) is -9.51. The molecule has 1 aromatic rings. The Hall–Kier alpha value is -0.850. The van der Waals surface area contributed by atoms with Crippen molar-refractivity contribution in [3.8, 4) is 0 Å². The Morgan fingerprint density at radius 2 is 1.29 bits per heavy atom. The van der Waals surface area contributed by atoms with E-state index in [0.717, 1.165) is 12.1 Å². The minimum absolute atomic E-state index is 0.0946. The molecule has 0 N–H and O–H groups in total. The summed E-state index contributed by atoms with van der Waals surface area (Å²) in [6, 6.07) is 1.73. The predicted octanol–water partition coefficient (Wildman–Crippen LogP) is 4.51. The Bertz CT molecular complexity index is 397. The molecule has 94 valence electrons. The van der Waals surface area contributed by atoms with Crippen molar-refractivity contribution >= 4 is 11.8 Å². The lowest BCUT2D eigenvalue weighted by Crippen LogP contribution is -2.11. The van der Waals surface area contributed by atoms with Gasteiger partial charge in [-0.25, -0.2) is 0 Å². The molecule has 17 heavy (non-hydrogen) atoms. The van der Waals surface area contributed by atoms with Crippen LogP contribution >= 0.6 is 11.8 Å². The highest BCUT2D eigenvalue weighted by Crippen LogP contribution is 2.48. The molecule has 1 aliphatic heterocycles. The van der Waals surface area contributed by atoms with E-state index >= 15 is 0 Å². The predicted molar refractivity (Wildman–Crippen MR) is 51.6 cm³/mol. The smallest absolute Gasteiger partial charge is 0.166 e. The minimum atomic E-state index is -4.75. The first-order valence-corrected chi connectivity index (χ1v) is 5.64. The highest BCUT2D eigenvalue weighted by molar-refractivity contribution is 8.06. The van der Waals surface area contributed by atoms with Gasteiger partial charge in [-0.2, -0.15) is 38.1 Å². The number of halogens is 6. The van der Waals surface area contributed by atoms with Crippen LogP contribution in [0.1, 0.15) is 21.9 Å². The van der Waals surface area contributed by atoms with Gasteiger partial charge >= 0.3 is 12.4 Å². The molecule has 1 aliphatic rings. The van der Waals surface area contributed by atoms with Crippen molar-refractivity contribution in [3.05, 3.63) is 34.9 Å². The summed E-state index contributed by atoms with van der Waals surface area (Å²) in [7, 11) is 0. The standard InChI is InChI=1S/C10H6F6S/c11-9(12,13)6-1-5(8-4-17-8)2-7(3-6)10(14,15)16/h1-3,8H,4H2. The quantitative estimate of drug-likeness (QED) is 0.535. The van der Waals surface area contributed by atoms with Crippen LogP contribution in [0.3, 0.4) is 0 Å². The fraction of sp³-hybridized carbons (Fsp3) is 0.400. The lowest BCUT2D eigenvalue weighted by Gasteiger charge is -2.13. The van der Waals surface area contributed by atoms with E-state index in [0.29, 0.717) is 5.75 Å². The third-order valence-corrected chi connectivity index (χ3v) is 3.25. The molecule has 1 atom stereocenters. The Labute approximate surface area is 97.0 Å². The maximum absolute atomic E-state index is 12.4. The number of hydrogen-bond donors (Lipinski definition) is 0. The van der Waals surface area contributed by atoms with Crippen LogP contribution in [0.4, 0.5) is 26.3 Å². The van der Waals surface area contributed by atoms with Crippen molar-refractivity contribution in [3.63, 3.8) is 0 Å². The molecule has 2 rings (SSSR count). The normalized spacial score (nSPS) is 20.5. The van der Waals surface area contributed by atoms with Gasteiger partial charge < -0.3 is 0 Å². The first-order valence-electron chi connectivity index (χ1n) is 4.59. The molecule has 1 fully saturated rings.